The second kappa shape index (κ2) is 8.03. The van der Waals surface area contributed by atoms with Crippen LogP contribution in [0.4, 0.5) is 11.4 Å². The fourth-order valence-corrected chi connectivity index (χ4v) is 3.48. The van der Waals surface area contributed by atoms with Gasteiger partial charge in [0.25, 0.3) is 11.8 Å². The van der Waals surface area contributed by atoms with E-state index in [1.54, 1.807) is 23.7 Å². The van der Waals surface area contributed by atoms with Gasteiger partial charge in [-0.15, -0.1) is 11.3 Å². The van der Waals surface area contributed by atoms with E-state index >= 15 is 0 Å². The molecule has 0 fully saturated rings. The molecule has 0 radical (unpaired) electrons. The molecule has 0 bridgehead atoms. The fraction of sp³-hybridized carbons (Fsp3) is 0.100. The van der Waals surface area contributed by atoms with E-state index in [2.05, 4.69) is 5.32 Å². The molecular weight excluding hydrogens is 362 g/mol. The van der Waals surface area contributed by atoms with Crippen LogP contribution in [-0.4, -0.2) is 31.1 Å². The molecule has 1 heterocycles. The molecule has 0 aliphatic rings. The van der Waals surface area contributed by atoms with Crippen molar-refractivity contribution in [1.29, 1.82) is 0 Å². The van der Waals surface area contributed by atoms with Crippen LogP contribution in [0.1, 0.15) is 15.2 Å². The standard InChI is InChI=1S/C20H19N3O3S/c1-23(2)16-6-3-13(4-7-16)20(25)21-15-5-9-18-14(11-15)12-17(27-18)8-10-19(24)22-26/h3-12,26H,1-2H3,(H,21,25)(H,22,24). The Kier molecular flexibility index (Phi) is 5.54. The van der Waals surface area contributed by atoms with Crippen molar-refractivity contribution in [2.24, 2.45) is 0 Å². The summed E-state index contributed by atoms with van der Waals surface area (Å²) in [5.74, 6) is -0.754. The van der Waals surface area contributed by atoms with E-state index in [-0.39, 0.29) is 5.91 Å². The summed E-state index contributed by atoms with van der Waals surface area (Å²) in [6.07, 6.45) is 2.88. The number of hydroxylamine groups is 1. The Morgan fingerprint density at radius 3 is 2.48 bits per heavy atom. The van der Waals surface area contributed by atoms with Crippen LogP contribution in [0.5, 0.6) is 0 Å². The molecule has 0 saturated carbocycles. The lowest BCUT2D eigenvalue weighted by molar-refractivity contribution is -0.124. The summed E-state index contributed by atoms with van der Waals surface area (Å²) in [7, 11) is 3.90. The Balaban J connectivity index is 1.75. The number of benzene rings is 2. The molecule has 3 rings (SSSR count). The number of rotatable bonds is 5. The van der Waals surface area contributed by atoms with Crippen molar-refractivity contribution in [1.82, 2.24) is 5.48 Å². The van der Waals surface area contributed by atoms with Gasteiger partial charge in [0, 0.05) is 46.7 Å². The molecule has 0 atom stereocenters. The molecule has 2 amide bonds. The second-order valence-electron chi connectivity index (χ2n) is 6.11. The number of amides is 2. The van der Waals surface area contributed by atoms with Gasteiger partial charge in [-0.1, -0.05) is 0 Å². The third kappa shape index (κ3) is 4.52. The van der Waals surface area contributed by atoms with E-state index < -0.39 is 5.91 Å². The normalized spacial score (nSPS) is 10.9. The van der Waals surface area contributed by atoms with Gasteiger partial charge in [-0.25, -0.2) is 5.48 Å². The average molecular weight is 381 g/mol. The second-order valence-corrected chi connectivity index (χ2v) is 7.22. The topological polar surface area (TPSA) is 81.7 Å². The molecule has 0 spiro atoms. The van der Waals surface area contributed by atoms with Crippen molar-refractivity contribution in [3.63, 3.8) is 0 Å². The predicted octanol–water partition coefficient (Wildman–Crippen LogP) is 3.74. The molecule has 138 valence electrons. The summed E-state index contributed by atoms with van der Waals surface area (Å²) in [6.45, 7) is 0. The number of hydrogen-bond donors (Lipinski definition) is 3. The van der Waals surface area contributed by atoms with Crippen LogP contribution in [0.2, 0.25) is 0 Å². The first-order valence-electron chi connectivity index (χ1n) is 8.21. The van der Waals surface area contributed by atoms with Gasteiger partial charge in [-0.05, 0) is 60.0 Å². The zero-order chi connectivity index (χ0) is 19.4. The van der Waals surface area contributed by atoms with Gasteiger partial charge >= 0.3 is 0 Å². The first-order chi connectivity index (χ1) is 13.0. The van der Waals surface area contributed by atoms with Gasteiger partial charge in [0.2, 0.25) is 0 Å². The van der Waals surface area contributed by atoms with Gasteiger partial charge in [-0.2, -0.15) is 0 Å². The van der Waals surface area contributed by atoms with Crippen molar-refractivity contribution in [2.75, 3.05) is 24.3 Å². The number of nitrogens with one attached hydrogen (secondary N) is 2. The van der Waals surface area contributed by atoms with E-state index in [1.165, 1.54) is 17.4 Å². The van der Waals surface area contributed by atoms with Crippen LogP contribution in [0.25, 0.3) is 16.2 Å². The highest BCUT2D eigenvalue weighted by atomic mass is 32.1. The molecular formula is C20H19N3O3S. The summed E-state index contributed by atoms with van der Waals surface area (Å²) in [5.41, 5.74) is 3.87. The summed E-state index contributed by atoms with van der Waals surface area (Å²) in [6, 6.07) is 15.0. The van der Waals surface area contributed by atoms with E-state index in [0.717, 1.165) is 20.7 Å². The molecule has 0 aliphatic carbocycles. The molecule has 3 aromatic rings. The quantitative estimate of drug-likeness (QED) is 0.357. The van der Waals surface area contributed by atoms with Crippen LogP contribution in [0, 0.1) is 0 Å². The van der Waals surface area contributed by atoms with Crippen molar-refractivity contribution >= 4 is 50.7 Å². The first kappa shape index (κ1) is 18.6. The number of thiophene rings is 1. The minimum absolute atomic E-state index is 0.172. The number of anilines is 2. The highest BCUT2D eigenvalue weighted by Crippen LogP contribution is 2.29. The maximum atomic E-state index is 12.4. The van der Waals surface area contributed by atoms with Crippen molar-refractivity contribution in [3.05, 3.63) is 65.0 Å². The molecule has 27 heavy (non-hydrogen) atoms. The lowest BCUT2D eigenvalue weighted by Crippen LogP contribution is -2.14. The summed E-state index contributed by atoms with van der Waals surface area (Å²) in [4.78, 5) is 26.4. The maximum absolute atomic E-state index is 12.4. The molecule has 0 unspecified atom stereocenters. The van der Waals surface area contributed by atoms with E-state index in [1.807, 2.05) is 55.4 Å². The third-order valence-corrected chi connectivity index (χ3v) is 5.03. The molecule has 0 aliphatic heterocycles. The van der Waals surface area contributed by atoms with Crippen LogP contribution < -0.4 is 15.7 Å². The number of hydrogen-bond acceptors (Lipinski definition) is 5. The number of carbonyl (C=O) groups excluding carboxylic acids is 2. The minimum Gasteiger partial charge on any atom is -0.378 e. The zero-order valence-corrected chi connectivity index (χ0v) is 15.7. The summed E-state index contributed by atoms with van der Waals surface area (Å²) >= 11 is 1.51. The lowest BCUT2D eigenvalue weighted by Gasteiger charge is -2.12. The van der Waals surface area contributed by atoms with Crippen LogP contribution in [0.3, 0.4) is 0 Å². The Morgan fingerprint density at radius 1 is 1.07 bits per heavy atom. The highest BCUT2D eigenvalue weighted by Gasteiger charge is 2.08. The third-order valence-electron chi connectivity index (χ3n) is 3.95. The van der Waals surface area contributed by atoms with Crippen LogP contribution >= 0.6 is 11.3 Å². The van der Waals surface area contributed by atoms with E-state index in [0.29, 0.717) is 11.3 Å². The molecule has 7 heteroatoms. The number of fused-ring (bicyclic) bond motifs is 1. The molecule has 3 N–H and O–H groups in total. The monoisotopic (exact) mass is 381 g/mol. The Labute approximate surface area is 160 Å². The highest BCUT2D eigenvalue weighted by molar-refractivity contribution is 7.19. The minimum atomic E-state index is -0.583. The number of nitrogens with zero attached hydrogens (tertiary/aromatic N) is 1. The SMILES string of the molecule is CN(C)c1ccc(C(=O)Nc2ccc3sc(C=CC(=O)NO)cc3c2)cc1. The Hall–Kier alpha value is -3.16. The van der Waals surface area contributed by atoms with Crippen LogP contribution in [0.15, 0.2) is 54.6 Å². The Morgan fingerprint density at radius 2 is 1.81 bits per heavy atom. The van der Waals surface area contributed by atoms with Gasteiger partial charge < -0.3 is 10.2 Å². The predicted molar refractivity (Wildman–Crippen MR) is 110 cm³/mol. The number of carbonyl (C=O) groups is 2. The fourth-order valence-electron chi connectivity index (χ4n) is 2.53. The zero-order valence-electron chi connectivity index (χ0n) is 14.9. The van der Waals surface area contributed by atoms with Crippen molar-refractivity contribution < 1.29 is 14.8 Å². The Bertz CT molecular complexity index is 1010. The van der Waals surface area contributed by atoms with Gasteiger partial charge in [0.1, 0.15) is 0 Å². The van der Waals surface area contributed by atoms with Gasteiger partial charge in [0.15, 0.2) is 0 Å². The van der Waals surface area contributed by atoms with Gasteiger partial charge in [-0.3, -0.25) is 14.8 Å². The average Bonchev–Trinajstić information content (AvgIpc) is 3.08. The van der Waals surface area contributed by atoms with Crippen molar-refractivity contribution in [3.8, 4) is 0 Å². The smallest absolute Gasteiger partial charge is 0.267 e. The van der Waals surface area contributed by atoms with E-state index in [4.69, 9.17) is 5.21 Å². The van der Waals surface area contributed by atoms with E-state index in [9.17, 15) is 9.59 Å². The largest absolute Gasteiger partial charge is 0.378 e. The summed E-state index contributed by atoms with van der Waals surface area (Å²) in [5, 5.41) is 12.4. The first-order valence-corrected chi connectivity index (χ1v) is 9.02. The molecule has 6 nitrogen and oxygen atoms in total. The van der Waals surface area contributed by atoms with Crippen molar-refractivity contribution in [2.45, 2.75) is 0 Å². The molecule has 2 aromatic carbocycles. The maximum Gasteiger partial charge on any atom is 0.267 e. The summed E-state index contributed by atoms with van der Waals surface area (Å²) < 4.78 is 1.03. The lowest BCUT2D eigenvalue weighted by atomic mass is 10.1. The molecule has 0 saturated heterocycles. The van der Waals surface area contributed by atoms with Gasteiger partial charge in [0.05, 0.1) is 0 Å². The van der Waals surface area contributed by atoms with Crippen LogP contribution in [-0.2, 0) is 4.79 Å². The molecule has 1 aromatic heterocycles.